The van der Waals surface area contributed by atoms with E-state index in [9.17, 15) is 59.2 Å². The highest BCUT2D eigenvalue weighted by molar-refractivity contribution is 7.94. The van der Waals surface area contributed by atoms with Gasteiger partial charge in [0, 0.05) is 12.1 Å². The third-order valence-electron chi connectivity index (χ3n) is 5.91. The normalized spacial score (nSPS) is 12.8. The summed E-state index contributed by atoms with van der Waals surface area (Å²) in [6, 6.07) is 6.50. The van der Waals surface area contributed by atoms with Crippen molar-refractivity contribution < 1.29 is 68.7 Å². The molecule has 48 heavy (non-hydrogen) atoms. The molecule has 0 spiro atoms. The molecule has 0 aliphatic rings. The molecule has 26 heteroatoms. The minimum Gasteiger partial charge on any atom is -0.505 e. The van der Waals surface area contributed by atoms with Crippen molar-refractivity contribution in [1.29, 1.82) is 0 Å². The summed E-state index contributed by atoms with van der Waals surface area (Å²) >= 11 is 0.104. The molecular formula is C22H16N6O16S4. The molecule has 0 saturated heterocycles. The predicted molar refractivity (Wildman–Crippen MR) is 160 cm³/mol. The minimum atomic E-state index is -5.24. The summed E-state index contributed by atoms with van der Waals surface area (Å²) in [5.74, 6) is -2.25. The van der Waals surface area contributed by atoms with Gasteiger partial charge in [-0.15, -0.1) is 19.7 Å². The highest BCUT2D eigenvalue weighted by Crippen LogP contribution is 2.51. The van der Waals surface area contributed by atoms with Gasteiger partial charge in [0.15, 0.2) is 11.5 Å². The van der Waals surface area contributed by atoms with Gasteiger partial charge in [0.25, 0.3) is 36.0 Å². The van der Waals surface area contributed by atoms with Gasteiger partial charge in [-0.2, -0.15) is 30.4 Å². The molecule has 0 heterocycles. The van der Waals surface area contributed by atoms with Crippen LogP contribution >= 0.6 is 12.0 Å². The van der Waals surface area contributed by atoms with E-state index in [0.29, 0.717) is 12.1 Å². The lowest BCUT2D eigenvalue weighted by Crippen LogP contribution is -2.02. The molecule has 0 aromatic heterocycles. The van der Waals surface area contributed by atoms with Gasteiger partial charge in [-0.25, -0.2) is 5.26 Å². The minimum absolute atomic E-state index is 0.104. The number of nitrogens with two attached hydrogens (primary N) is 1. The number of benzene rings is 4. The second-order valence-electron chi connectivity index (χ2n) is 8.92. The van der Waals surface area contributed by atoms with E-state index < -0.39 is 95.3 Å². The molecule has 0 aliphatic carbocycles. The molecule has 4 aromatic carbocycles. The molecule has 0 radical (unpaired) electrons. The molecule has 4 rings (SSSR count). The summed E-state index contributed by atoms with van der Waals surface area (Å²) in [5, 5.41) is 58.9. The monoisotopic (exact) mass is 748 g/mol. The first kappa shape index (κ1) is 35.9. The zero-order chi connectivity index (χ0) is 35.8. The Morgan fingerprint density at radius 3 is 1.94 bits per heavy atom. The predicted octanol–water partition coefficient (Wildman–Crippen LogP) is 4.74. The van der Waals surface area contributed by atoms with Crippen LogP contribution in [0.5, 0.6) is 11.5 Å². The van der Waals surface area contributed by atoms with Crippen LogP contribution in [0.4, 0.5) is 34.1 Å². The quantitative estimate of drug-likeness (QED) is 0.0207. The fraction of sp³-hybridized carbons (Fsp3) is 0. The van der Waals surface area contributed by atoms with Gasteiger partial charge in [0.2, 0.25) is 0 Å². The Hall–Kier alpha value is -4.90. The molecule has 0 fully saturated rings. The number of anilines is 1. The lowest BCUT2D eigenvalue weighted by Gasteiger charge is -2.13. The Labute approximate surface area is 271 Å². The average molecular weight is 749 g/mol. The second-order valence-corrected chi connectivity index (χ2v) is 13.8. The van der Waals surface area contributed by atoms with Crippen molar-refractivity contribution in [2.75, 3.05) is 5.73 Å². The highest BCUT2D eigenvalue weighted by atomic mass is 32.2. The van der Waals surface area contributed by atoms with Gasteiger partial charge in [0.1, 0.15) is 31.7 Å². The number of nitrogen functional groups attached to an aromatic ring is 1. The van der Waals surface area contributed by atoms with Gasteiger partial charge in [-0.05, 0) is 41.8 Å². The van der Waals surface area contributed by atoms with Crippen LogP contribution in [-0.4, -0.2) is 59.3 Å². The zero-order valence-electron chi connectivity index (χ0n) is 22.8. The lowest BCUT2D eigenvalue weighted by atomic mass is 10.1. The van der Waals surface area contributed by atoms with E-state index >= 15 is 0 Å². The molecule has 4 aromatic rings. The maximum absolute atomic E-state index is 12.3. The van der Waals surface area contributed by atoms with E-state index in [1.165, 1.54) is 0 Å². The van der Waals surface area contributed by atoms with E-state index in [1.54, 1.807) is 0 Å². The molecular weight excluding hydrogens is 733 g/mol. The van der Waals surface area contributed by atoms with E-state index in [2.05, 4.69) is 29.8 Å². The molecule has 254 valence electrons. The topological polar surface area (TPSA) is 361 Å². The van der Waals surface area contributed by atoms with Gasteiger partial charge in [-0.1, -0.05) is 5.04 Å². The summed E-state index contributed by atoms with van der Waals surface area (Å²) in [6.07, 6.45) is 0. The summed E-state index contributed by atoms with van der Waals surface area (Å²) in [6.45, 7) is 0. The zero-order valence-corrected chi connectivity index (χ0v) is 26.1. The molecule has 8 N–H and O–H groups in total. The van der Waals surface area contributed by atoms with Crippen molar-refractivity contribution in [3.8, 4) is 11.5 Å². The van der Waals surface area contributed by atoms with Crippen molar-refractivity contribution in [2.24, 2.45) is 20.5 Å². The van der Waals surface area contributed by atoms with E-state index in [1.807, 2.05) is 0 Å². The Balaban J connectivity index is 1.99. The fourth-order valence-corrected chi connectivity index (χ4v) is 6.32. The third kappa shape index (κ3) is 7.62. The number of nitro groups is 1. The van der Waals surface area contributed by atoms with Crippen molar-refractivity contribution in [1.82, 2.24) is 0 Å². The number of nitro benzene ring substituents is 1. The van der Waals surface area contributed by atoms with E-state index in [0.717, 1.165) is 36.4 Å². The Bertz CT molecular complexity index is 2380. The number of phenolic OH excluding ortho intramolecular Hbond substituents is 2. The summed E-state index contributed by atoms with van der Waals surface area (Å²) in [4.78, 5) is 6.76. The fourth-order valence-electron chi connectivity index (χ4n) is 3.89. The van der Waals surface area contributed by atoms with Gasteiger partial charge >= 0.3 is 0 Å². The van der Waals surface area contributed by atoms with Gasteiger partial charge in [-0.3, -0.25) is 23.8 Å². The Morgan fingerprint density at radius 2 is 1.35 bits per heavy atom. The number of non-ortho nitro benzene ring substituents is 1. The number of rotatable bonds is 11. The first-order chi connectivity index (χ1) is 22.2. The number of fused-ring (bicyclic) bond motifs is 1. The molecule has 0 amide bonds. The molecule has 0 saturated carbocycles. The summed E-state index contributed by atoms with van der Waals surface area (Å²) in [7, 11) is -15.2. The van der Waals surface area contributed by atoms with E-state index in [-0.39, 0.29) is 28.0 Å². The van der Waals surface area contributed by atoms with Crippen LogP contribution in [0.3, 0.4) is 0 Å². The number of hydrogen-bond donors (Lipinski definition) is 7. The molecule has 0 aliphatic heterocycles. The standard InChI is InChI=1S/C22H16N6O16S4/c23-12-3-1-10(7-15(12)46(34,35)36)24-27-20-17(48(40,41)42)6-9-5-14(45-44-43-33)19(21(29)18(9)22(20)30)26-25-13-4-2-11(28(31)32)8-16(13)47(37,38)39/h1-8,29-30,33H,23H2,(H,34,35,36)(H,37,38,39)(H,40,41,42)/b26-25+,27-24+. The average Bonchev–Trinajstić information content (AvgIpc) is 2.97. The summed E-state index contributed by atoms with van der Waals surface area (Å²) < 4.78 is 105. The first-order valence-electron chi connectivity index (χ1n) is 11.9. The largest absolute Gasteiger partial charge is 0.505 e. The second kappa shape index (κ2) is 13.3. The molecule has 0 bridgehead atoms. The SMILES string of the molecule is Nc1ccc(/N=N/c2c(S(=O)(=O)O)cc3cc(SOOO)c(/N=N/c4ccc([N+](=O)[O-])cc4S(=O)(=O)O)c(O)c3c2O)cc1S(=O)(=O)O. The Kier molecular flexibility index (Phi) is 9.97. The third-order valence-corrected chi connectivity index (χ3v) is 9.19. The molecule has 22 nitrogen and oxygen atoms in total. The number of phenols is 2. The van der Waals surface area contributed by atoms with Crippen LogP contribution in [0, 0.1) is 10.1 Å². The van der Waals surface area contributed by atoms with Crippen molar-refractivity contribution in [3.63, 3.8) is 0 Å². The summed E-state index contributed by atoms with van der Waals surface area (Å²) in [5.41, 5.74) is 1.60. The smallest absolute Gasteiger partial charge is 0.297 e. The molecule has 0 unspecified atom stereocenters. The van der Waals surface area contributed by atoms with Crippen LogP contribution in [0.15, 0.2) is 88.6 Å². The number of nitrogens with zero attached hydrogens (tertiary/aromatic N) is 5. The number of hydrogen-bond acceptors (Lipinski definition) is 19. The maximum Gasteiger partial charge on any atom is 0.297 e. The Morgan fingerprint density at radius 1 is 0.750 bits per heavy atom. The van der Waals surface area contributed by atoms with Gasteiger partial charge in [0.05, 0.1) is 38.6 Å². The maximum atomic E-state index is 12.3. The number of aromatic hydroxyl groups is 2. The number of azo groups is 2. The van der Waals surface area contributed by atoms with Crippen molar-refractivity contribution >= 4 is 87.3 Å². The van der Waals surface area contributed by atoms with E-state index in [4.69, 9.17) is 11.0 Å². The van der Waals surface area contributed by atoms with Crippen LogP contribution in [0.1, 0.15) is 0 Å². The van der Waals surface area contributed by atoms with Crippen molar-refractivity contribution in [2.45, 2.75) is 19.6 Å². The lowest BCUT2D eigenvalue weighted by molar-refractivity contribution is -0.432. The van der Waals surface area contributed by atoms with Crippen LogP contribution in [0.2, 0.25) is 0 Å². The highest BCUT2D eigenvalue weighted by Gasteiger charge is 2.27. The van der Waals surface area contributed by atoms with Crippen molar-refractivity contribution in [3.05, 3.63) is 58.6 Å². The van der Waals surface area contributed by atoms with Crippen LogP contribution < -0.4 is 5.73 Å². The van der Waals surface area contributed by atoms with Crippen LogP contribution in [0.25, 0.3) is 10.8 Å². The van der Waals surface area contributed by atoms with Crippen LogP contribution in [-0.2, 0) is 39.7 Å². The first-order valence-corrected chi connectivity index (χ1v) is 16.9. The van der Waals surface area contributed by atoms with Gasteiger partial charge < -0.3 is 15.9 Å². The molecule has 0 atom stereocenters.